The number of hydrogen-bond acceptors (Lipinski definition) is 9. The molecule has 0 spiro atoms. The molecule has 0 unspecified atom stereocenters. The number of benzene rings is 2. The minimum absolute atomic E-state index is 0.0651. The van der Waals surface area contributed by atoms with Crippen molar-refractivity contribution in [2.45, 2.75) is 128 Å². The molecule has 11 heteroatoms. The van der Waals surface area contributed by atoms with Gasteiger partial charge in [0.15, 0.2) is 0 Å². The van der Waals surface area contributed by atoms with Gasteiger partial charge in [-0.2, -0.15) is 0 Å². The molecule has 322 valence electrons. The molecule has 4 aliphatic rings. The number of amides is 2. The minimum atomic E-state index is -1.30. The van der Waals surface area contributed by atoms with E-state index in [0.29, 0.717) is 62.8 Å². The zero-order valence-electron chi connectivity index (χ0n) is 35.3. The Bertz CT molecular complexity index is 1740. The van der Waals surface area contributed by atoms with Crippen LogP contribution in [0.3, 0.4) is 0 Å². The fourth-order valence-corrected chi connectivity index (χ4v) is 10.2. The lowest BCUT2D eigenvalue weighted by Crippen LogP contribution is -2.70. The Morgan fingerprint density at radius 3 is 2.49 bits per heavy atom. The zero-order chi connectivity index (χ0) is 41.6. The molecule has 2 fully saturated rings. The van der Waals surface area contributed by atoms with E-state index in [1.165, 1.54) is 25.7 Å². The molecule has 2 amide bonds. The summed E-state index contributed by atoms with van der Waals surface area (Å²) in [5.74, 6) is -0.0660. The van der Waals surface area contributed by atoms with Gasteiger partial charge < -0.3 is 39.5 Å². The third kappa shape index (κ3) is 10.6. The highest BCUT2D eigenvalue weighted by Crippen LogP contribution is 2.62. The van der Waals surface area contributed by atoms with Crippen molar-refractivity contribution < 1.29 is 38.9 Å². The van der Waals surface area contributed by atoms with Crippen LogP contribution in [-0.4, -0.2) is 77.6 Å². The quantitative estimate of drug-likeness (QED) is 0.0609. The number of hydrogen-bond donors (Lipinski definition) is 3. The van der Waals surface area contributed by atoms with E-state index in [2.05, 4.69) is 24.9 Å². The Hall–Kier alpha value is -4.19. The predicted octanol–water partition coefficient (Wildman–Crippen LogP) is 8.84. The normalized spacial score (nSPS) is 25.3. The van der Waals surface area contributed by atoms with E-state index in [1.807, 2.05) is 54.3 Å². The molecule has 2 aromatic rings. The summed E-state index contributed by atoms with van der Waals surface area (Å²) >= 11 is 0. The maximum atomic E-state index is 14.6. The first-order valence-corrected chi connectivity index (χ1v) is 22.4. The van der Waals surface area contributed by atoms with Crippen molar-refractivity contribution in [3.63, 3.8) is 0 Å². The van der Waals surface area contributed by atoms with Gasteiger partial charge >= 0.3 is 6.09 Å². The number of fused-ring (bicyclic) bond motifs is 2. The first-order valence-electron chi connectivity index (χ1n) is 22.4. The van der Waals surface area contributed by atoms with E-state index >= 15 is 0 Å². The second-order valence-corrected chi connectivity index (χ2v) is 16.7. The van der Waals surface area contributed by atoms with E-state index in [1.54, 1.807) is 12.1 Å². The number of nitrogens with zero attached hydrogens (tertiary/aromatic N) is 2. The summed E-state index contributed by atoms with van der Waals surface area (Å²) in [7, 11) is 0. The average molecular weight is 814 g/mol. The summed E-state index contributed by atoms with van der Waals surface area (Å²) in [6.45, 7) is 9.74. The van der Waals surface area contributed by atoms with Crippen LogP contribution in [0.4, 0.5) is 4.79 Å². The van der Waals surface area contributed by atoms with E-state index in [4.69, 9.17) is 24.2 Å². The van der Waals surface area contributed by atoms with Crippen LogP contribution >= 0.6 is 0 Å². The van der Waals surface area contributed by atoms with Crippen molar-refractivity contribution in [1.82, 2.24) is 10.2 Å². The Kier molecular flexibility index (Phi) is 16.5. The molecular formula is C48H67N3O8. The van der Waals surface area contributed by atoms with Crippen molar-refractivity contribution in [3.05, 3.63) is 84.0 Å². The molecule has 0 aromatic heterocycles. The van der Waals surface area contributed by atoms with Crippen LogP contribution in [0.1, 0.15) is 121 Å². The smallest absolute Gasteiger partial charge is 0.412 e. The predicted molar refractivity (Wildman–Crippen MR) is 229 cm³/mol. The van der Waals surface area contributed by atoms with Gasteiger partial charge in [0.2, 0.25) is 11.7 Å². The van der Waals surface area contributed by atoms with Gasteiger partial charge in [0.05, 0.1) is 18.2 Å². The molecule has 1 heterocycles. The number of rotatable bonds is 22. The second-order valence-electron chi connectivity index (χ2n) is 16.7. The maximum Gasteiger partial charge on any atom is 0.412 e. The van der Waals surface area contributed by atoms with Crippen molar-refractivity contribution in [1.29, 1.82) is 0 Å². The molecule has 59 heavy (non-hydrogen) atoms. The lowest BCUT2D eigenvalue weighted by Gasteiger charge is -2.60. The molecule has 3 N–H and O–H groups in total. The number of ether oxygens (including phenoxy) is 3. The van der Waals surface area contributed by atoms with Gasteiger partial charge in [0.1, 0.15) is 24.1 Å². The summed E-state index contributed by atoms with van der Waals surface area (Å²) in [4.78, 5) is 35.7. The monoisotopic (exact) mass is 813 g/mol. The summed E-state index contributed by atoms with van der Waals surface area (Å²) in [5.41, 5.74) is 3.64. The molecule has 11 nitrogen and oxygen atoms in total. The minimum Gasteiger partial charge on any atom is -0.459 e. The molecular weight excluding hydrogens is 747 g/mol. The molecule has 0 bridgehead atoms. The highest BCUT2D eigenvalue weighted by molar-refractivity contribution is 6.03. The van der Waals surface area contributed by atoms with Gasteiger partial charge in [-0.25, -0.2) is 4.79 Å². The Labute approximate surface area is 351 Å². The summed E-state index contributed by atoms with van der Waals surface area (Å²) in [5, 5.41) is 27.5. The Morgan fingerprint density at radius 1 is 1.02 bits per heavy atom. The van der Waals surface area contributed by atoms with E-state index in [0.717, 1.165) is 60.9 Å². The summed E-state index contributed by atoms with van der Waals surface area (Å²) in [6, 6.07) is 14.7. The maximum absolute atomic E-state index is 14.6. The lowest BCUT2D eigenvalue weighted by atomic mass is 9.55. The number of carbonyl (C=O) groups is 2. The van der Waals surface area contributed by atoms with Gasteiger partial charge in [0.25, 0.3) is 0 Å². The molecule has 2 aromatic carbocycles. The first-order chi connectivity index (χ1) is 28.9. The zero-order valence-corrected chi connectivity index (χ0v) is 35.3. The number of aliphatic hydroxyl groups excluding tert-OH is 2. The average Bonchev–Trinajstić information content (AvgIpc) is 3.78. The molecule has 0 radical (unpaired) electrons. The number of nitrogens with one attached hydrogen (secondary N) is 1. The SMILES string of the molecule is C=CCO[C@@]12Oc3ccc(OC(=O)NCc4ccccc4)cc3[C@H]3[C@H](CCCCO)[C@@H](CCCCO)C=C(C(=NOCC)C[C@@H]1N(CCC)C(=O)CCC1CCCC1)[C@H]32. The van der Waals surface area contributed by atoms with Crippen LogP contribution in [-0.2, 0) is 20.9 Å². The van der Waals surface area contributed by atoms with E-state index in [9.17, 15) is 19.8 Å². The highest BCUT2D eigenvalue weighted by atomic mass is 16.7. The Balaban J connectivity index is 1.48. The van der Waals surface area contributed by atoms with Gasteiger partial charge in [-0.15, -0.1) is 6.58 Å². The van der Waals surface area contributed by atoms with Gasteiger partial charge in [-0.05, 0) is 92.5 Å². The standard InChI is InChI=1S/C48H67N3O8/c1-4-26-51(44(54)25-22-34-16-10-11-17-34)43-32-41(50-57-6-3)39-30-36(20-12-14-27-52)38(21-13-15-28-53)45-40-31-37(58-47(55)49-33-35-18-8-7-9-19-35)23-24-42(40)59-48(43,46(39)45)56-29-5-2/h5,7-9,18-19,23-24,30-31,34,36,38,43,45-46,52-53H,2,4,6,10-17,20-22,25-29,32-33H2,1,3H3,(H,49,55)/t36-,38+,43-,45+,46+,48+/m0/s1. The number of carbonyl (C=O) groups excluding carboxylic acids is 2. The van der Waals surface area contributed by atoms with E-state index < -0.39 is 23.8 Å². The fourth-order valence-electron chi connectivity index (χ4n) is 10.2. The van der Waals surface area contributed by atoms with Crippen molar-refractivity contribution in [2.75, 3.05) is 33.0 Å². The number of unbranched alkanes of at least 4 members (excludes halogenated alkanes) is 2. The molecule has 6 rings (SSSR count). The summed E-state index contributed by atoms with van der Waals surface area (Å²) in [6.07, 6.45) is 15.5. The topological polar surface area (TPSA) is 139 Å². The van der Waals surface area contributed by atoms with Gasteiger partial charge in [-0.3, -0.25) is 4.79 Å². The number of oxime groups is 1. The van der Waals surface area contributed by atoms with Gasteiger partial charge in [-0.1, -0.05) is 93.1 Å². The molecule has 1 aliphatic heterocycles. The molecule has 2 saturated carbocycles. The van der Waals surface area contributed by atoms with Crippen molar-refractivity contribution >= 4 is 17.7 Å². The van der Waals surface area contributed by atoms with Crippen LogP contribution in [0.15, 0.2) is 78.0 Å². The first kappa shape index (κ1) is 44.4. The molecule has 6 atom stereocenters. The summed E-state index contributed by atoms with van der Waals surface area (Å²) < 4.78 is 20.4. The van der Waals surface area contributed by atoms with Gasteiger partial charge in [0, 0.05) is 50.6 Å². The molecule has 0 saturated heterocycles. The van der Waals surface area contributed by atoms with Crippen LogP contribution < -0.4 is 14.8 Å². The highest BCUT2D eigenvalue weighted by Gasteiger charge is 2.65. The van der Waals surface area contributed by atoms with Crippen molar-refractivity contribution in [3.8, 4) is 11.5 Å². The lowest BCUT2D eigenvalue weighted by molar-refractivity contribution is -0.257. The van der Waals surface area contributed by atoms with E-state index in [-0.39, 0.29) is 43.5 Å². The van der Waals surface area contributed by atoms with Crippen molar-refractivity contribution in [2.24, 2.45) is 28.8 Å². The van der Waals surface area contributed by atoms with Crippen LogP contribution in [0.5, 0.6) is 11.5 Å². The largest absolute Gasteiger partial charge is 0.459 e. The third-order valence-corrected chi connectivity index (χ3v) is 12.8. The molecule has 3 aliphatic carbocycles. The van der Waals surface area contributed by atoms with Crippen LogP contribution in [0, 0.1) is 23.7 Å². The fraction of sp³-hybridized carbons (Fsp3) is 0.604. The van der Waals surface area contributed by atoms with Crippen LogP contribution in [0.2, 0.25) is 0 Å². The van der Waals surface area contributed by atoms with Crippen LogP contribution in [0.25, 0.3) is 0 Å². The Morgan fingerprint density at radius 2 is 1.78 bits per heavy atom. The number of aliphatic hydroxyl groups is 2. The second kappa shape index (κ2) is 21.9. The third-order valence-electron chi connectivity index (χ3n) is 12.8. The number of allylic oxidation sites excluding steroid dienone is 1.